The molecular weight excluding hydrogens is 738 g/mol. The van der Waals surface area contributed by atoms with Crippen molar-refractivity contribution in [2.45, 2.75) is 93.6 Å². The van der Waals surface area contributed by atoms with Crippen molar-refractivity contribution in [2.24, 2.45) is 0 Å². The van der Waals surface area contributed by atoms with Crippen LogP contribution in [0.4, 0.5) is 10.5 Å². The van der Waals surface area contributed by atoms with Crippen molar-refractivity contribution in [2.75, 3.05) is 30.8 Å². The zero-order valence-corrected chi connectivity index (χ0v) is 32.9. The lowest BCUT2D eigenvalue weighted by atomic mass is 10.0. The predicted molar refractivity (Wildman–Crippen MR) is 206 cm³/mol. The van der Waals surface area contributed by atoms with Crippen LogP contribution >= 0.6 is 34.9 Å². The van der Waals surface area contributed by atoms with Crippen LogP contribution in [0, 0.1) is 0 Å². The highest BCUT2D eigenvalue weighted by Crippen LogP contribution is 2.45. The Morgan fingerprint density at radius 1 is 0.962 bits per heavy atom. The molecule has 3 aliphatic rings. The van der Waals surface area contributed by atoms with E-state index in [0.29, 0.717) is 44.3 Å². The van der Waals surface area contributed by atoms with Crippen molar-refractivity contribution in [3.63, 3.8) is 0 Å². The fraction of sp³-hybridized carbons (Fsp3) is 0.486. The lowest BCUT2D eigenvalue weighted by molar-refractivity contribution is -0.696. The van der Waals surface area contributed by atoms with Crippen molar-refractivity contribution in [3.05, 3.63) is 73.9 Å². The normalized spacial score (nSPS) is 20.2. The first-order valence-electron chi connectivity index (χ1n) is 18.0. The minimum absolute atomic E-state index is 0. The number of unbranched alkanes of at least 4 members (excludes halogenated alkanes) is 3. The Morgan fingerprint density at radius 2 is 1.71 bits per heavy atom. The summed E-state index contributed by atoms with van der Waals surface area (Å²) in [5.74, 6) is 1.07. The Labute approximate surface area is 323 Å². The van der Waals surface area contributed by atoms with Gasteiger partial charge in [-0.3, -0.25) is 19.0 Å². The summed E-state index contributed by atoms with van der Waals surface area (Å²) in [6, 6.07) is 14.6. The maximum Gasteiger partial charge on any atom is 0.315 e. The highest BCUT2D eigenvalue weighted by Gasteiger charge is 2.42. The molecule has 2 fully saturated rings. The molecule has 0 saturated carbocycles. The molecule has 15 heteroatoms. The second kappa shape index (κ2) is 19.0. The number of rotatable bonds is 16. The first-order valence-corrected chi connectivity index (χ1v) is 20.7. The molecule has 0 spiro atoms. The summed E-state index contributed by atoms with van der Waals surface area (Å²) in [7, 11) is 2.01. The second-order valence-electron chi connectivity index (χ2n) is 13.1. The van der Waals surface area contributed by atoms with Crippen molar-refractivity contribution in [1.82, 2.24) is 25.8 Å². The number of carbonyl (C=O) groups excluding carboxylic acids is 3. The molecule has 11 nitrogen and oxygen atoms in total. The van der Waals surface area contributed by atoms with Gasteiger partial charge in [0, 0.05) is 67.1 Å². The number of aromatic nitrogens is 2. The van der Waals surface area contributed by atoms with Gasteiger partial charge in [-0.25, -0.2) is 4.79 Å². The van der Waals surface area contributed by atoms with Gasteiger partial charge in [0.1, 0.15) is 14.2 Å². The van der Waals surface area contributed by atoms with Crippen LogP contribution < -0.4 is 57.9 Å². The number of para-hydroxylation sites is 1. The first-order chi connectivity index (χ1) is 24.8. The number of nitrogens with one attached hydrogen (secondary N) is 4. The number of thioether (sulfide) groups is 2. The number of thiazole rings is 1. The SMILES string of the molecule is CCn1c(=Cc2cccc[n+]2CCNC(=O)CCCCCNC(=O)CCCCC2SCC3NC(=O)NC32)sc(=C2Sc3ccccc3N2C)c1=O.[Cl-]. The second-order valence-corrected chi connectivity index (χ2v) is 16.4. The first kappa shape index (κ1) is 39.7. The van der Waals surface area contributed by atoms with Gasteiger partial charge in [0.25, 0.3) is 5.56 Å². The van der Waals surface area contributed by atoms with Gasteiger partial charge in [0.15, 0.2) is 12.7 Å². The number of carbonyl (C=O) groups is 3. The number of nitrogens with zero attached hydrogens (tertiary/aromatic N) is 3. The van der Waals surface area contributed by atoms with Crippen LogP contribution in [0.3, 0.4) is 0 Å². The molecule has 3 aromatic rings. The van der Waals surface area contributed by atoms with Crippen LogP contribution in [0.5, 0.6) is 0 Å². The Bertz CT molecular complexity index is 1920. The third kappa shape index (κ3) is 9.74. The molecule has 0 aliphatic carbocycles. The van der Waals surface area contributed by atoms with E-state index in [-0.39, 0.29) is 47.9 Å². The van der Waals surface area contributed by atoms with Gasteiger partial charge >= 0.3 is 6.03 Å². The third-order valence-corrected chi connectivity index (χ3v) is 13.6. The molecule has 5 heterocycles. The Hall–Kier alpha value is -3.46. The predicted octanol–water partition coefficient (Wildman–Crippen LogP) is -0.124. The van der Waals surface area contributed by atoms with E-state index in [9.17, 15) is 19.2 Å². The Kier molecular flexibility index (Phi) is 14.6. The lowest BCUT2D eigenvalue weighted by Gasteiger charge is -2.16. The van der Waals surface area contributed by atoms with Gasteiger partial charge in [-0.1, -0.05) is 36.7 Å². The van der Waals surface area contributed by atoms with E-state index >= 15 is 0 Å². The number of pyridine rings is 1. The van der Waals surface area contributed by atoms with Gasteiger partial charge in [-0.2, -0.15) is 16.3 Å². The molecule has 52 heavy (non-hydrogen) atoms. The molecule has 1 aromatic carbocycles. The van der Waals surface area contributed by atoms with Gasteiger partial charge in [-0.15, -0.1) is 11.3 Å². The molecule has 3 unspecified atom stereocenters. The van der Waals surface area contributed by atoms with E-state index < -0.39 is 0 Å². The molecule has 6 rings (SSSR count). The zero-order valence-electron chi connectivity index (χ0n) is 29.7. The van der Waals surface area contributed by atoms with E-state index in [4.69, 9.17) is 0 Å². The minimum atomic E-state index is -0.0602. The maximum absolute atomic E-state index is 13.5. The molecular formula is C37H48ClN7O4S3. The number of benzene rings is 1. The molecule has 3 atom stereocenters. The summed E-state index contributed by atoms with van der Waals surface area (Å²) in [6.07, 6.45) is 10.4. The van der Waals surface area contributed by atoms with E-state index in [1.807, 2.05) is 66.8 Å². The molecule has 4 amide bonds. The number of urea groups is 1. The van der Waals surface area contributed by atoms with Crippen LogP contribution in [-0.4, -0.2) is 65.6 Å². The van der Waals surface area contributed by atoms with Crippen molar-refractivity contribution in [3.8, 4) is 0 Å². The summed E-state index contributed by atoms with van der Waals surface area (Å²) in [5, 5.41) is 13.4. The monoisotopic (exact) mass is 785 g/mol. The maximum atomic E-state index is 13.5. The molecule has 4 N–H and O–H groups in total. The van der Waals surface area contributed by atoms with Gasteiger partial charge in [0.05, 0.1) is 24.3 Å². The summed E-state index contributed by atoms with van der Waals surface area (Å²) in [6.45, 7) is 4.32. The average molecular weight is 786 g/mol. The van der Waals surface area contributed by atoms with E-state index in [1.165, 1.54) is 11.3 Å². The molecule has 280 valence electrons. The van der Waals surface area contributed by atoms with Crippen molar-refractivity contribution in [1.29, 1.82) is 0 Å². The molecule has 3 aliphatic heterocycles. The summed E-state index contributed by atoms with van der Waals surface area (Å²) in [5.41, 5.74) is 2.10. The minimum Gasteiger partial charge on any atom is -1.00 e. The number of halogens is 1. The molecule has 2 aromatic heterocycles. The van der Waals surface area contributed by atoms with E-state index in [2.05, 4.69) is 48.9 Å². The Balaban J connectivity index is 0.00000523. The van der Waals surface area contributed by atoms with Gasteiger partial charge in [-0.05, 0) is 50.8 Å². The zero-order chi connectivity index (χ0) is 35.7. The topological polar surface area (TPSA) is 128 Å². The number of amides is 4. The fourth-order valence-corrected chi connectivity index (χ4v) is 10.8. The van der Waals surface area contributed by atoms with Gasteiger partial charge < -0.3 is 38.6 Å². The van der Waals surface area contributed by atoms with Crippen LogP contribution in [0.2, 0.25) is 0 Å². The smallest absolute Gasteiger partial charge is 0.315 e. The van der Waals surface area contributed by atoms with Crippen LogP contribution in [0.25, 0.3) is 11.1 Å². The van der Waals surface area contributed by atoms with Crippen molar-refractivity contribution >= 4 is 69.5 Å². The number of hydrogen-bond acceptors (Lipinski definition) is 8. The largest absolute Gasteiger partial charge is 1.00 e. The molecule has 0 bridgehead atoms. The number of anilines is 1. The molecule has 2 saturated heterocycles. The number of fused-ring (bicyclic) bond motifs is 2. The highest BCUT2D eigenvalue weighted by molar-refractivity contribution is 8.08. The van der Waals surface area contributed by atoms with E-state index in [1.54, 1.807) is 11.8 Å². The standard InChI is InChI=1S/C37H47N7O4S3.ClH/c1-3-44-32(51-34(35(44)47)36-42(2)27-14-6-7-15-28(27)50-36)23-25-13-10-12-21-43(25)22-20-39-31(46)17-5-4-11-19-38-30(45)18-9-8-16-29-33-26(24-49-29)40-37(48)41-33;/h6-7,10,12-15,21,23,26,29,33H,3-5,8-9,11,16-20,22,24H2,1-2H3,(H3-,38,39,40,41,45,46,48);1H. The quantitative estimate of drug-likeness (QED) is 0.0907. The summed E-state index contributed by atoms with van der Waals surface area (Å²) >= 11 is 5.06. The van der Waals surface area contributed by atoms with Crippen molar-refractivity contribution < 1.29 is 31.4 Å². The summed E-state index contributed by atoms with van der Waals surface area (Å²) in [4.78, 5) is 53.1. The average Bonchev–Trinajstić information content (AvgIpc) is 3.86. The molecule has 0 radical (unpaired) electrons. The lowest BCUT2D eigenvalue weighted by Crippen LogP contribution is -3.00. The van der Waals surface area contributed by atoms with Crippen LogP contribution in [-0.2, 0) is 22.7 Å². The Morgan fingerprint density at radius 3 is 2.50 bits per heavy atom. The van der Waals surface area contributed by atoms with Crippen LogP contribution in [0.1, 0.15) is 64.0 Å². The fourth-order valence-electron chi connectivity index (χ4n) is 6.80. The van der Waals surface area contributed by atoms with E-state index in [0.717, 1.165) is 74.8 Å². The number of hydrogen-bond donors (Lipinski definition) is 4. The third-order valence-electron chi connectivity index (χ3n) is 9.57. The van der Waals surface area contributed by atoms with Gasteiger partial charge in [0.2, 0.25) is 17.5 Å². The summed E-state index contributed by atoms with van der Waals surface area (Å²) < 4.78 is 5.57. The highest BCUT2D eigenvalue weighted by atomic mass is 35.5. The van der Waals surface area contributed by atoms with Crippen LogP contribution in [0.15, 0.2) is 58.4 Å².